The molecule has 1 saturated heterocycles. The van der Waals surface area contributed by atoms with Crippen molar-refractivity contribution in [2.45, 2.75) is 19.4 Å². The second-order valence-corrected chi connectivity index (χ2v) is 5.44. The summed E-state index contributed by atoms with van der Waals surface area (Å²) in [5.74, 6) is 2.58. The summed E-state index contributed by atoms with van der Waals surface area (Å²) in [7, 11) is 5.47. The van der Waals surface area contributed by atoms with Crippen molar-refractivity contribution in [1.82, 2.24) is 10.2 Å². The summed E-state index contributed by atoms with van der Waals surface area (Å²) < 4.78 is 11.0. The van der Waals surface area contributed by atoms with Gasteiger partial charge in [0, 0.05) is 13.1 Å². The first-order valence-electron chi connectivity index (χ1n) is 7.35. The highest BCUT2D eigenvalue weighted by Crippen LogP contribution is 2.30. The molecule has 1 fully saturated rings. The summed E-state index contributed by atoms with van der Waals surface area (Å²) in [5.41, 5.74) is 1.16. The van der Waals surface area contributed by atoms with Crippen LogP contribution in [0.2, 0.25) is 0 Å². The minimum absolute atomic E-state index is 0.745. The predicted molar refractivity (Wildman–Crippen MR) is 81.5 cm³/mol. The van der Waals surface area contributed by atoms with Crippen LogP contribution in [0.5, 0.6) is 11.5 Å². The van der Waals surface area contributed by atoms with Crippen molar-refractivity contribution in [2.24, 2.45) is 5.92 Å². The van der Waals surface area contributed by atoms with E-state index in [1.807, 2.05) is 25.2 Å². The van der Waals surface area contributed by atoms with Crippen molar-refractivity contribution >= 4 is 0 Å². The Balaban J connectivity index is 2.08. The first-order valence-corrected chi connectivity index (χ1v) is 7.35. The molecule has 1 aromatic rings. The van der Waals surface area contributed by atoms with Gasteiger partial charge in [-0.2, -0.15) is 0 Å². The van der Waals surface area contributed by atoms with Gasteiger partial charge in [-0.3, -0.25) is 4.90 Å². The molecule has 0 amide bonds. The van der Waals surface area contributed by atoms with E-state index in [-0.39, 0.29) is 0 Å². The molecule has 1 heterocycles. The largest absolute Gasteiger partial charge is 0.496 e. The summed E-state index contributed by atoms with van der Waals surface area (Å²) in [6, 6.07) is 5.99. The molecule has 1 aliphatic heterocycles. The molecule has 1 aromatic carbocycles. The Labute approximate surface area is 122 Å². The molecule has 1 N–H and O–H groups in total. The van der Waals surface area contributed by atoms with Gasteiger partial charge in [0.05, 0.1) is 19.8 Å². The molecule has 0 aliphatic carbocycles. The molecule has 112 valence electrons. The van der Waals surface area contributed by atoms with Crippen molar-refractivity contribution in [3.8, 4) is 11.5 Å². The van der Waals surface area contributed by atoms with Crippen LogP contribution >= 0.6 is 0 Å². The van der Waals surface area contributed by atoms with E-state index >= 15 is 0 Å². The lowest BCUT2D eigenvalue weighted by atomic mass is 9.97. The van der Waals surface area contributed by atoms with Crippen molar-refractivity contribution in [1.29, 1.82) is 0 Å². The number of piperidine rings is 1. The number of ether oxygens (including phenoxy) is 2. The van der Waals surface area contributed by atoms with E-state index in [0.29, 0.717) is 0 Å². The number of likely N-dealkylation sites (tertiary alicyclic amines) is 1. The average molecular weight is 278 g/mol. The first-order chi connectivity index (χ1) is 9.78. The highest BCUT2D eigenvalue weighted by molar-refractivity contribution is 5.44. The molecule has 1 unspecified atom stereocenters. The van der Waals surface area contributed by atoms with Gasteiger partial charge < -0.3 is 14.8 Å². The van der Waals surface area contributed by atoms with Gasteiger partial charge in [0.15, 0.2) is 0 Å². The Bertz CT molecular complexity index is 399. The normalized spacial score (nSPS) is 19.9. The minimum atomic E-state index is 0.745. The van der Waals surface area contributed by atoms with Crippen LogP contribution in [0.3, 0.4) is 0 Å². The number of methoxy groups -OCH3 is 2. The van der Waals surface area contributed by atoms with E-state index in [1.54, 1.807) is 14.2 Å². The number of hydrogen-bond acceptors (Lipinski definition) is 4. The standard InChI is InChI=1S/C16H26N2O2/c1-17-10-13-6-5-9-18(11-13)12-14-15(19-2)7-4-8-16(14)20-3/h4,7-8,13,17H,5-6,9-12H2,1-3H3. The fourth-order valence-electron chi connectivity index (χ4n) is 3.06. The minimum Gasteiger partial charge on any atom is -0.496 e. The van der Waals surface area contributed by atoms with Gasteiger partial charge >= 0.3 is 0 Å². The van der Waals surface area contributed by atoms with Crippen LogP contribution < -0.4 is 14.8 Å². The Kier molecular flexibility index (Phi) is 5.68. The fourth-order valence-corrected chi connectivity index (χ4v) is 3.06. The van der Waals surface area contributed by atoms with Crippen LogP contribution in [0.1, 0.15) is 18.4 Å². The monoisotopic (exact) mass is 278 g/mol. The van der Waals surface area contributed by atoms with Crippen molar-refractivity contribution < 1.29 is 9.47 Å². The highest BCUT2D eigenvalue weighted by atomic mass is 16.5. The Hall–Kier alpha value is -1.26. The average Bonchev–Trinajstić information content (AvgIpc) is 2.48. The van der Waals surface area contributed by atoms with Gasteiger partial charge in [-0.1, -0.05) is 6.07 Å². The highest BCUT2D eigenvalue weighted by Gasteiger charge is 2.21. The maximum absolute atomic E-state index is 5.48. The van der Waals surface area contributed by atoms with E-state index in [2.05, 4.69) is 10.2 Å². The third-order valence-electron chi connectivity index (χ3n) is 4.01. The maximum atomic E-state index is 5.48. The summed E-state index contributed by atoms with van der Waals surface area (Å²) in [5, 5.41) is 3.29. The topological polar surface area (TPSA) is 33.7 Å². The lowest BCUT2D eigenvalue weighted by molar-refractivity contribution is 0.163. The zero-order valence-electron chi connectivity index (χ0n) is 12.8. The molecule has 0 bridgehead atoms. The first kappa shape index (κ1) is 15.1. The molecule has 4 heteroatoms. The van der Waals surface area contributed by atoms with Crippen molar-refractivity contribution in [3.05, 3.63) is 23.8 Å². The van der Waals surface area contributed by atoms with Gasteiger partial charge in [-0.05, 0) is 51.0 Å². The van der Waals surface area contributed by atoms with Gasteiger partial charge in [0.1, 0.15) is 11.5 Å². The predicted octanol–water partition coefficient (Wildman–Crippen LogP) is 2.14. The van der Waals surface area contributed by atoms with Gasteiger partial charge in [-0.15, -0.1) is 0 Å². The van der Waals surface area contributed by atoms with Crippen LogP contribution in [0.25, 0.3) is 0 Å². The van der Waals surface area contributed by atoms with Crippen LogP contribution in [0.15, 0.2) is 18.2 Å². The zero-order valence-corrected chi connectivity index (χ0v) is 12.8. The number of nitrogens with zero attached hydrogens (tertiary/aromatic N) is 1. The molecule has 4 nitrogen and oxygen atoms in total. The molecule has 0 saturated carbocycles. The van der Waals surface area contributed by atoms with Crippen LogP contribution in [-0.4, -0.2) is 45.8 Å². The molecule has 1 atom stereocenters. The van der Waals surface area contributed by atoms with Crippen molar-refractivity contribution in [2.75, 3.05) is 40.9 Å². The molecule has 2 rings (SSSR count). The summed E-state index contributed by atoms with van der Waals surface area (Å²) in [6.07, 6.45) is 2.59. The molecule has 20 heavy (non-hydrogen) atoms. The molecular weight excluding hydrogens is 252 g/mol. The second-order valence-electron chi connectivity index (χ2n) is 5.44. The molecular formula is C16H26N2O2. The van der Waals surface area contributed by atoms with E-state index in [4.69, 9.17) is 9.47 Å². The quantitative estimate of drug-likeness (QED) is 0.864. The Morgan fingerprint density at radius 3 is 2.55 bits per heavy atom. The number of hydrogen-bond donors (Lipinski definition) is 1. The van der Waals surface area contributed by atoms with Gasteiger partial charge in [0.25, 0.3) is 0 Å². The Morgan fingerprint density at radius 1 is 1.25 bits per heavy atom. The van der Waals surface area contributed by atoms with E-state index in [1.165, 1.54) is 12.8 Å². The van der Waals surface area contributed by atoms with E-state index in [0.717, 1.165) is 49.2 Å². The summed E-state index contributed by atoms with van der Waals surface area (Å²) in [6.45, 7) is 4.29. The smallest absolute Gasteiger partial charge is 0.127 e. The van der Waals surface area contributed by atoms with Crippen LogP contribution in [0, 0.1) is 5.92 Å². The second kappa shape index (κ2) is 7.50. The number of rotatable bonds is 6. The maximum Gasteiger partial charge on any atom is 0.127 e. The molecule has 0 spiro atoms. The fraction of sp³-hybridized carbons (Fsp3) is 0.625. The van der Waals surface area contributed by atoms with Crippen molar-refractivity contribution in [3.63, 3.8) is 0 Å². The molecule has 1 aliphatic rings. The SMILES string of the molecule is CNCC1CCCN(Cc2c(OC)cccc2OC)C1. The molecule has 0 aromatic heterocycles. The summed E-state index contributed by atoms with van der Waals surface area (Å²) in [4.78, 5) is 2.51. The summed E-state index contributed by atoms with van der Waals surface area (Å²) >= 11 is 0. The number of benzene rings is 1. The van der Waals surface area contributed by atoms with E-state index < -0.39 is 0 Å². The number of nitrogens with one attached hydrogen (secondary N) is 1. The molecule has 0 radical (unpaired) electrons. The van der Waals surface area contributed by atoms with E-state index in [9.17, 15) is 0 Å². The third kappa shape index (κ3) is 3.64. The van der Waals surface area contributed by atoms with Crippen LogP contribution in [0.4, 0.5) is 0 Å². The zero-order chi connectivity index (χ0) is 14.4. The lowest BCUT2D eigenvalue weighted by Gasteiger charge is -2.33. The van der Waals surface area contributed by atoms with Gasteiger partial charge in [0.2, 0.25) is 0 Å². The third-order valence-corrected chi connectivity index (χ3v) is 4.01. The Morgan fingerprint density at radius 2 is 1.95 bits per heavy atom. The lowest BCUT2D eigenvalue weighted by Crippen LogP contribution is -2.38. The van der Waals surface area contributed by atoms with Gasteiger partial charge in [-0.25, -0.2) is 0 Å². The van der Waals surface area contributed by atoms with Crippen LogP contribution in [-0.2, 0) is 6.54 Å².